The summed E-state index contributed by atoms with van der Waals surface area (Å²) in [5.41, 5.74) is 0.502. The van der Waals surface area contributed by atoms with Gasteiger partial charge in [-0.1, -0.05) is 0 Å². The predicted octanol–water partition coefficient (Wildman–Crippen LogP) is 2.54. The van der Waals surface area contributed by atoms with Crippen LogP contribution in [0.3, 0.4) is 0 Å². The van der Waals surface area contributed by atoms with Gasteiger partial charge in [0, 0.05) is 17.6 Å². The molecule has 0 fully saturated rings. The minimum atomic E-state index is 0.353. The quantitative estimate of drug-likeness (QED) is 0.764. The van der Waals surface area contributed by atoms with E-state index in [4.69, 9.17) is 9.47 Å². The van der Waals surface area contributed by atoms with Crippen molar-refractivity contribution in [2.75, 3.05) is 7.11 Å². The molecule has 0 spiro atoms. The molecule has 88 valence electrons. The van der Waals surface area contributed by atoms with Crippen molar-refractivity contribution in [1.29, 1.82) is 0 Å². The number of ether oxygens (including phenoxy) is 2. The van der Waals surface area contributed by atoms with Crippen molar-refractivity contribution in [3.8, 4) is 11.5 Å². The van der Waals surface area contributed by atoms with Crippen molar-refractivity contribution in [2.45, 2.75) is 6.61 Å². The van der Waals surface area contributed by atoms with Gasteiger partial charge < -0.3 is 9.47 Å². The zero-order valence-corrected chi connectivity index (χ0v) is 10.1. The third-order valence-corrected chi connectivity index (χ3v) is 2.94. The van der Waals surface area contributed by atoms with Crippen molar-refractivity contribution in [1.82, 2.24) is 4.98 Å². The van der Waals surface area contributed by atoms with E-state index in [1.54, 1.807) is 31.5 Å². The summed E-state index contributed by atoms with van der Waals surface area (Å²) in [6.45, 7) is 0.353. The smallest absolute Gasteiger partial charge is 0.153 e. The molecule has 17 heavy (non-hydrogen) atoms. The Labute approximate surface area is 103 Å². The lowest BCUT2D eigenvalue weighted by molar-refractivity contribution is 0.111. The number of nitrogens with zero attached hydrogens (tertiary/aromatic N) is 1. The second-order valence-electron chi connectivity index (χ2n) is 3.24. The minimum absolute atomic E-state index is 0.353. The molecule has 1 aromatic heterocycles. The Balaban J connectivity index is 2.15. The maximum atomic E-state index is 10.9. The fraction of sp³-hybridized carbons (Fsp3) is 0.167. The summed E-state index contributed by atoms with van der Waals surface area (Å²) in [6.07, 6.45) is 2.48. The van der Waals surface area contributed by atoms with E-state index >= 15 is 0 Å². The summed E-state index contributed by atoms with van der Waals surface area (Å²) < 4.78 is 10.6. The van der Waals surface area contributed by atoms with Crippen molar-refractivity contribution >= 4 is 17.6 Å². The second kappa shape index (κ2) is 5.45. The summed E-state index contributed by atoms with van der Waals surface area (Å²) >= 11 is 1.51. The molecule has 5 heteroatoms. The first-order valence-electron chi connectivity index (χ1n) is 4.98. The Morgan fingerprint density at radius 1 is 1.47 bits per heavy atom. The topological polar surface area (TPSA) is 48.4 Å². The van der Waals surface area contributed by atoms with Gasteiger partial charge in [-0.25, -0.2) is 4.98 Å². The lowest BCUT2D eigenvalue weighted by atomic mass is 10.2. The molecule has 1 aromatic carbocycles. The highest BCUT2D eigenvalue weighted by Gasteiger charge is 2.06. The maximum Gasteiger partial charge on any atom is 0.153 e. The largest absolute Gasteiger partial charge is 0.497 e. The summed E-state index contributed by atoms with van der Waals surface area (Å²) in [4.78, 5) is 15.0. The summed E-state index contributed by atoms with van der Waals surface area (Å²) in [6, 6.07) is 5.08. The van der Waals surface area contributed by atoms with Gasteiger partial charge in [0.1, 0.15) is 23.1 Å². The van der Waals surface area contributed by atoms with Crippen LogP contribution in [0.2, 0.25) is 0 Å². The number of carbonyl (C=O) groups excluding carboxylic acids is 1. The second-order valence-corrected chi connectivity index (χ2v) is 4.22. The lowest BCUT2D eigenvalue weighted by Gasteiger charge is -2.08. The molecule has 0 N–H and O–H groups in total. The Morgan fingerprint density at radius 3 is 3.00 bits per heavy atom. The van der Waals surface area contributed by atoms with Crippen molar-refractivity contribution in [3.63, 3.8) is 0 Å². The Bertz CT molecular complexity index is 496. The molecule has 0 atom stereocenters. The molecule has 2 rings (SSSR count). The molecule has 0 unspecified atom stereocenters. The molecule has 0 amide bonds. The fourth-order valence-corrected chi connectivity index (χ4v) is 1.86. The molecular formula is C12H11NO3S. The number of rotatable bonds is 5. The van der Waals surface area contributed by atoms with Crippen LogP contribution >= 0.6 is 11.3 Å². The zero-order chi connectivity index (χ0) is 12.1. The van der Waals surface area contributed by atoms with Crippen LogP contribution in [0.5, 0.6) is 11.5 Å². The lowest BCUT2D eigenvalue weighted by Crippen LogP contribution is -1.98. The Hall–Kier alpha value is -1.88. The average molecular weight is 249 g/mol. The fourth-order valence-electron chi connectivity index (χ4n) is 1.33. The first-order valence-corrected chi connectivity index (χ1v) is 5.86. The third-order valence-electron chi connectivity index (χ3n) is 2.18. The monoisotopic (exact) mass is 249 g/mol. The molecule has 4 nitrogen and oxygen atoms in total. The van der Waals surface area contributed by atoms with Crippen LogP contribution in [0.1, 0.15) is 15.4 Å². The first-order chi connectivity index (χ1) is 8.33. The molecule has 0 saturated heterocycles. The minimum Gasteiger partial charge on any atom is -0.497 e. The van der Waals surface area contributed by atoms with Gasteiger partial charge in [-0.3, -0.25) is 4.79 Å². The van der Waals surface area contributed by atoms with Crippen LogP contribution < -0.4 is 9.47 Å². The van der Waals surface area contributed by atoms with E-state index in [1.807, 2.05) is 5.38 Å². The normalized spacial score (nSPS) is 9.94. The van der Waals surface area contributed by atoms with Crippen LogP contribution in [0.4, 0.5) is 0 Å². The SMILES string of the molecule is COc1ccc(C=O)c(OCc2nccs2)c1. The molecule has 0 saturated carbocycles. The van der Waals surface area contributed by atoms with Crippen LogP contribution in [-0.2, 0) is 6.61 Å². The Morgan fingerprint density at radius 2 is 2.35 bits per heavy atom. The number of benzene rings is 1. The van der Waals surface area contributed by atoms with Crippen LogP contribution in [0.15, 0.2) is 29.8 Å². The van der Waals surface area contributed by atoms with E-state index in [0.29, 0.717) is 23.7 Å². The molecule has 0 radical (unpaired) electrons. The number of thiazole rings is 1. The van der Waals surface area contributed by atoms with E-state index in [-0.39, 0.29) is 0 Å². The van der Waals surface area contributed by atoms with Crippen molar-refractivity contribution < 1.29 is 14.3 Å². The van der Waals surface area contributed by atoms with Crippen molar-refractivity contribution in [3.05, 3.63) is 40.3 Å². The van der Waals surface area contributed by atoms with E-state index < -0.39 is 0 Å². The van der Waals surface area contributed by atoms with Crippen LogP contribution in [0, 0.1) is 0 Å². The van der Waals surface area contributed by atoms with Gasteiger partial charge >= 0.3 is 0 Å². The highest BCUT2D eigenvalue weighted by molar-refractivity contribution is 7.09. The number of aldehydes is 1. The van der Waals surface area contributed by atoms with E-state index in [2.05, 4.69) is 4.98 Å². The predicted molar refractivity (Wildman–Crippen MR) is 64.8 cm³/mol. The molecule has 1 heterocycles. The van der Waals surface area contributed by atoms with Gasteiger partial charge in [0.15, 0.2) is 6.29 Å². The Kier molecular flexibility index (Phi) is 3.72. The highest BCUT2D eigenvalue weighted by atomic mass is 32.1. The first kappa shape index (κ1) is 11.6. The van der Waals surface area contributed by atoms with Gasteiger partial charge in [-0.15, -0.1) is 11.3 Å². The zero-order valence-electron chi connectivity index (χ0n) is 9.25. The van der Waals surface area contributed by atoms with E-state index in [0.717, 1.165) is 11.3 Å². The molecule has 2 aromatic rings. The van der Waals surface area contributed by atoms with E-state index in [9.17, 15) is 4.79 Å². The molecule has 0 aliphatic carbocycles. The standard InChI is InChI=1S/C12H11NO3S/c1-15-10-3-2-9(7-14)11(6-10)16-8-12-13-4-5-17-12/h2-7H,8H2,1H3. The summed E-state index contributed by atoms with van der Waals surface area (Å²) in [5, 5.41) is 2.75. The van der Waals surface area contributed by atoms with Crippen LogP contribution in [0.25, 0.3) is 0 Å². The average Bonchev–Trinajstić information content (AvgIpc) is 2.89. The van der Waals surface area contributed by atoms with Gasteiger partial charge in [0.05, 0.1) is 12.7 Å². The molecule has 0 aliphatic rings. The third kappa shape index (κ3) is 2.82. The van der Waals surface area contributed by atoms with Gasteiger partial charge in [-0.05, 0) is 12.1 Å². The number of aromatic nitrogens is 1. The number of carbonyl (C=O) groups is 1. The summed E-state index contributed by atoms with van der Waals surface area (Å²) in [5.74, 6) is 1.17. The van der Waals surface area contributed by atoms with Crippen LogP contribution in [-0.4, -0.2) is 18.4 Å². The van der Waals surface area contributed by atoms with Crippen molar-refractivity contribution in [2.24, 2.45) is 0 Å². The highest BCUT2D eigenvalue weighted by Crippen LogP contribution is 2.24. The van der Waals surface area contributed by atoms with E-state index in [1.165, 1.54) is 11.3 Å². The van der Waals surface area contributed by atoms with Gasteiger partial charge in [0.25, 0.3) is 0 Å². The number of methoxy groups -OCH3 is 1. The number of hydrogen-bond donors (Lipinski definition) is 0. The molecular weight excluding hydrogens is 238 g/mol. The molecule has 0 aliphatic heterocycles. The van der Waals surface area contributed by atoms with Gasteiger partial charge in [0.2, 0.25) is 0 Å². The molecule has 0 bridgehead atoms. The maximum absolute atomic E-state index is 10.9. The summed E-state index contributed by atoms with van der Waals surface area (Å²) in [7, 11) is 1.57. The number of hydrogen-bond acceptors (Lipinski definition) is 5. The van der Waals surface area contributed by atoms with Gasteiger partial charge in [-0.2, -0.15) is 0 Å².